The van der Waals surface area contributed by atoms with E-state index in [1.807, 2.05) is 32.6 Å². The van der Waals surface area contributed by atoms with Crippen LogP contribution in [-0.2, 0) is 0 Å². The summed E-state index contributed by atoms with van der Waals surface area (Å²) in [6.45, 7) is 2.08. The van der Waals surface area contributed by atoms with Gasteiger partial charge in [-0.05, 0) is 18.6 Å². The zero-order valence-electron chi connectivity index (χ0n) is 6.63. The summed E-state index contributed by atoms with van der Waals surface area (Å²) < 4.78 is 0. The second-order valence-corrected chi connectivity index (χ2v) is 2.56. The van der Waals surface area contributed by atoms with Gasteiger partial charge in [0.15, 0.2) is 0 Å². The zero-order chi connectivity index (χ0) is 7.56. The van der Waals surface area contributed by atoms with Crippen molar-refractivity contribution in [2.24, 2.45) is 0 Å². The maximum atomic E-state index is 4.03. The number of pyridine rings is 1. The molecule has 0 saturated carbocycles. The molecule has 0 aliphatic heterocycles. The van der Waals surface area contributed by atoms with E-state index in [2.05, 4.69) is 16.8 Å². The normalized spacial score (nSPS) is 9.50. The highest BCUT2D eigenvalue weighted by atomic mass is 15.1. The van der Waals surface area contributed by atoms with Crippen LogP contribution in [0.2, 0.25) is 0 Å². The van der Waals surface area contributed by atoms with Crippen molar-refractivity contribution in [3.05, 3.63) is 24.0 Å². The molecule has 54 valence electrons. The van der Waals surface area contributed by atoms with Gasteiger partial charge in [0.05, 0.1) is 11.9 Å². The fourth-order valence-corrected chi connectivity index (χ4v) is 0.924. The standard InChI is InChI=1S/C8H12N2/c1-7-4-5-9-6-8(7)10(2)3/h4-6H,1-3H3. The SMILES string of the molecule is Cc1ccncc1N(C)C. The number of nitrogens with zero attached hydrogens (tertiary/aromatic N) is 2. The van der Waals surface area contributed by atoms with E-state index in [4.69, 9.17) is 0 Å². The Labute approximate surface area is 61.5 Å². The van der Waals surface area contributed by atoms with Crippen LogP contribution < -0.4 is 4.90 Å². The molecule has 1 aromatic heterocycles. The highest BCUT2D eigenvalue weighted by molar-refractivity contribution is 5.49. The fraction of sp³-hybridized carbons (Fsp3) is 0.375. The summed E-state index contributed by atoms with van der Waals surface area (Å²) >= 11 is 0. The molecule has 0 fully saturated rings. The van der Waals surface area contributed by atoms with Gasteiger partial charge >= 0.3 is 0 Å². The van der Waals surface area contributed by atoms with Crippen LogP contribution in [0.1, 0.15) is 5.56 Å². The van der Waals surface area contributed by atoms with Crippen molar-refractivity contribution in [1.82, 2.24) is 4.98 Å². The molecule has 2 heteroatoms. The third-order valence-electron chi connectivity index (χ3n) is 1.49. The van der Waals surface area contributed by atoms with E-state index in [1.54, 1.807) is 0 Å². The van der Waals surface area contributed by atoms with E-state index in [0.29, 0.717) is 0 Å². The minimum absolute atomic E-state index is 1.18. The molecule has 0 aliphatic carbocycles. The lowest BCUT2D eigenvalue weighted by Gasteiger charge is -2.13. The maximum absolute atomic E-state index is 4.03. The summed E-state index contributed by atoms with van der Waals surface area (Å²) in [5.74, 6) is 0. The van der Waals surface area contributed by atoms with Gasteiger partial charge < -0.3 is 4.90 Å². The predicted octanol–water partition coefficient (Wildman–Crippen LogP) is 1.46. The Morgan fingerprint density at radius 1 is 1.40 bits per heavy atom. The first-order valence-electron chi connectivity index (χ1n) is 3.30. The van der Waals surface area contributed by atoms with Gasteiger partial charge in [-0.25, -0.2) is 0 Å². The Bertz CT molecular complexity index is 218. The summed E-state index contributed by atoms with van der Waals surface area (Å²) in [5, 5.41) is 0. The van der Waals surface area contributed by atoms with Crippen molar-refractivity contribution < 1.29 is 0 Å². The molecule has 0 bridgehead atoms. The predicted molar refractivity (Wildman–Crippen MR) is 43.3 cm³/mol. The molecular formula is C8H12N2. The number of hydrogen-bond donors (Lipinski definition) is 0. The lowest BCUT2D eigenvalue weighted by Crippen LogP contribution is -2.10. The van der Waals surface area contributed by atoms with Gasteiger partial charge in [0.1, 0.15) is 0 Å². The average Bonchev–Trinajstić information content (AvgIpc) is 1.88. The summed E-state index contributed by atoms with van der Waals surface area (Å²) in [6, 6.07) is 2.01. The zero-order valence-corrected chi connectivity index (χ0v) is 6.63. The molecule has 1 rings (SSSR count). The van der Waals surface area contributed by atoms with Crippen LogP contribution in [0.4, 0.5) is 5.69 Å². The molecule has 0 aliphatic rings. The monoisotopic (exact) mass is 136 g/mol. The fourth-order valence-electron chi connectivity index (χ4n) is 0.924. The lowest BCUT2D eigenvalue weighted by atomic mass is 10.2. The molecule has 0 amide bonds. The number of hydrogen-bond acceptors (Lipinski definition) is 2. The summed E-state index contributed by atoms with van der Waals surface area (Å²) in [4.78, 5) is 6.08. The van der Waals surface area contributed by atoms with Crippen molar-refractivity contribution in [3.8, 4) is 0 Å². The van der Waals surface area contributed by atoms with E-state index in [1.165, 1.54) is 11.3 Å². The number of aromatic nitrogens is 1. The Balaban J connectivity index is 3.03. The maximum Gasteiger partial charge on any atom is 0.0577 e. The Hall–Kier alpha value is -1.05. The minimum atomic E-state index is 1.18. The van der Waals surface area contributed by atoms with E-state index in [0.717, 1.165) is 0 Å². The Kier molecular flexibility index (Phi) is 1.90. The molecule has 2 nitrogen and oxygen atoms in total. The Morgan fingerprint density at radius 2 is 2.10 bits per heavy atom. The van der Waals surface area contributed by atoms with Crippen molar-refractivity contribution in [2.45, 2.75) is 6.92 Å². The topological polar surface area (TPSA) is 16.1 Å². The highest BCUT2D eigenvalue weighted by Gasteiger charge is 1.96. The first kappa shape index (κ1) is 7.06. The molecule has 0 radical (unpaired) electrons. The van der Waals surface area contributed by atoms with Crippen LogP contribution >= 0.6 is 0 Å². The van der Waals surface area contributed by atoms with Crippen molar-refractivity contribution >= 4 is 5.69 Å². The number of aryl methyl sites for hydroxylation is 1. The van der Waals surface area contributed by atoms with Crippen LogP contribution in [0.15, 0.2) is 18.5 Å². The Morgan fingerprint density at radius 3 is 2.50 bits per heavy atom. The highest BCUT2D eigenvalue weighted by Crippen LogP contribution is 2.13. The van der Waals surface area contributed by atoms with E-state index in [-0.39, 0.29) is 0 Å². The number of anilines is 1. The summed E-state index contributed by atoms with van der Waals surface area (Å²) in [5.41, 5.74) is 2.45. The second kappa shape index (κ2) is 2.69. The molecular weight excluding hydrogens is 124 g/mol. The molecule has 0 atom stereocenters. The quantitative estimate of drug-likeness (QED) is 0.581. The van der Waals surface area contributed by atoms with Crippen LogP contribution in [0.5, 0.6) is 0 Å². The van der Waals surface area contributed by atoms with E-state index >= 15 is 0 Å². The molecule has 0 unspecified atom stereocenters. The second-order valence-electron chi connectivity index (χ2n) is 2.56. The first-order valence-corrected chi connectivity index (χ1v) is 3.30. The van der Waals surface area contributed by atoms with Crippen molar-refractivity contribution in [3.63, 3.8) is 0 Å². The van der Waals surface area contributed by atoms with Gasteiger partial charge in [-0.15, -0.1) is 0 Å². The largest absolute Gasteiger partial charge is 0.376 e. The molecule has 10 heavy (non-hydrogen) atoms. The van der Waals surface area contributed by atoms with E-state index < -0.39 is 0 Å². The van der Waals surface area contributed by atoms with Gasteiger partial charge in [-0.3, -0.25) is 4.98 Å². The summed E-state index contributed by atoms with van der Waals surface area (Å²) in [7, 11) is 4.04. The van der Waals surface area contributed by atoms with Crippen LogP contribution in [0, 0.1) is 6.92 Å². The van der Waals surface area contributed by atoms with Crippen LogP contribution in [-0.4, -0.2) is 19.1 Å². The molecule has 0 saturated heterocycles. The summed E-state index contributed by atoms with van der Waals surface area (Å²) in [6.07, 6.45) is 3.68. The molecule has 0 N–H and O–H groups in total. The molecule has 0 spiro atoms. The molecule has 1 heterocycles. The van der Waals surface area contributed by atoms with Crippen molar-refractivity contribution in [1.29, 1.82) is 0 Å². The van der Waals surface area contributed by atoms with Gasteiger partial charge in [0.2, 0.25) is 0 Å². The van der Waals surface area contributed by atoms with Crippen LogP contribution in [0.25, 0.3) is 0 Å². The first-order chi connectivity index (χ1) is 4.72. The van der Waals surface area contributed by atoms with Gasteiger partial charge in [-0.1, -0.05) is 0 Å². The van der Waals surface area contributed by atoms with Gasteiger partial charge in [0.25, 0.3) is 0 Å². The third-order valence-corrected chi connectivity index (χ3v) is 1.49. The molecule has 1 aromatic rings. The van der Waals surface area contributed by atoms with Gasteiger partial charge in [0, 0.05) is 20.3 Å². The minimum Gasteiger partial charge on any atom is -0.376 e. The van der Waals surface area contributed by atoms with Crippen LogP contribution in [0.3, 0.4) is 0 Å². The lowest BCUT2D eigenvalue weighted by molar-refractivity contribution is 1.09. The molecule has 0 aromatic carbocycles. The van der Waals surface area contributed by atoms with Crippen molar-refractivity contribution in [2.75, 3.05) is 19.0 Å². The third kappa shape index (κ3) is 1.26. The van der Waals surface area contributed by atoms with E-state index in [9.17, 15) is 0 Å². The van der Waals surface area contributed by atoms with Gasteiger partial charge in [-0.2, -0.15) is 0 Å². The smallest absolute Gasteiger partial charge is 0.0577 e. The number of rotatable bonds is 1. The average molecular weight is 136 g/mol.